The summed E-state index contributed by atoms with van der Waals surface area (Å²) < 4.78 is 101. The second kappa shape index (κ2) is 10.6. The molecule has 5 rings (SSSR count). The average Bonchev–Trinajstić information content (AvgIpc) is 3.26. The van der Waals surface area contributed by atoms with Crippen molar-refractivity contribution in [2.24, 2.45) is 0 Å². The number of ether oxygens (including phenoxy) is 1. The zero-order valence-electron chi connectivity index (χ0n) is 21.9. The highest BCUT2D eigenvalue weighted by Gasteiger charge is 2.48. The van der Waals surface area contributed by atoms with Crippen LogP contribution in [0.2, 0.25) is 0 Å². The van der Waals surface area contributed by atoms with Gasteiger partial charge in [0.15, 0.2) is 0 Å². The first-order valence-electron chi connectivity index (χ1n) is 12.8. The predicted molar refractivity (Wildman–Crippen MR) is 136 cm³/mol. The quantitative estimate of drug-likeness (QED) is 0.295. The number of rotatable bonds is 5. The largest absolute Gasteiger partial charge is 0.416 e. The predicted octanol–water partition coefficient (Wildman–Crippen LogP) is 7.49. The molecule has 0 spiro atoms. The summed E-state index contributed by atoms with van der Waals surface area (Å²) in [5.41, 5.74) is -0.209. The highest BCUT2D eigenvalue weighted by Crippen LogP contribution is 2.45. The summed E-state index contributed by atoms with van der Waals surface area (Å²) in [6.07, 6.45) is -8.42. The Labute approximate surface area is 231 Å². The lowest BCUT2D eigenvalue weighted by molar-refractivity contribution is -0.143. The molecule has 3 aromatic rings. The normalized spacial score (nSPS) is 22.0. The first kappa shape index (κ1) is 28.8. The molecule has 4 atom stereocenters. The van der Waals surface area contributed by atoms with E-state index in [2.05, 4.69) is 4.98 Å². The second-order valence-electron chi connectivity index (χ2n) is 10.4. The number of carbonyl (C=O) groups excluding carboxylic acids is 1. The molecule has 216 valence electrons. The van der Waals surface area contributed by atoms with Crippen molar-refractivity contribution in [3.63, 3.8) is 0 Å². The number of fused-ring (bicyclic) bond motifs is 1. The average molecular weight is 579 g/mol. The number of aryl methyl sites for hydroxylation is 1. The van der Waals surface area contributed by atoms with Crippen molar-refractivity contribution in [3.05, 3.63) is 106 Å². The molecule has 1 amide bonds. The minimum Gasteiger partial charge on any atom is -0.368 e. The summed E-state index contributed by atoms with van der Waals surface area (Å²) in [7, 11) is 0. The van der Waals surface area contributed by atoms with Crippen LogP contribution in [0.5, 0.6) is 0 Å². The van der Waals surface area contributed by atoms with Crippen molar-refractivity contribution in [3.8, 4) is 0 Å². The number of alkyl halides is 6. The summed E-state index contributed by atoms with van der Waals surface area (Å²) in [6.45, 7) is 3.25. The maximum Gasteiger partial charge on any atom is 0.416 e. The van der Waals surface area contributed by atoms with Crippen LogP contribution < -0.4 is 0 Å². The molecule has 2 aliphatic heterocycles. The van der Waals surface area contributed by atoms with E-state index < -0.39 is 53.5 Å². The van der Waals surface area contributed by atoms with E-state index in [0.717, 1.165) is 16.8 Å². The number of nitrogens with zero attached hydrogens (tertiary/aromatic N) is 2. The van der Waals surface area contributed by atoms with Gasteiger partial charge in [-0.15, -0.1) is 0 Å². The van der Waals surface area contributed by atoms with Gasteiger partial charge in [-0.05, 0) is 85.0 Å². The number of hydrogen-bond acceptors (Lipinski definition) is 3. The molecular weight excluding hydrogens is 553 g/mol. The summed E-state index contributed by atoms with van der Waals surface area (Å²) >= 11 is 0. The molecule has 1 saturated heterocycles. The van der Waals surface area contributed by atoms with Gasteiger partial charge in [-0.3, -0.25) is 9.78 Å². The van der Waals surface area contributed by atoms with Gasteiger partial charge in [-0.1, -0.05) is 12.1 Å². The molecule has 0 saturated carbocycles. The number of pyridine rings is 1. The summed E-state index contributed by atoms with van der Waals surface area (Å²) in [5.74, 6) is -1.30. The van der Waals surface area contributed by atoms with Crippen LogP contribution in [0.4, 0.5) is 30.7 Å². The Hall–Kier alpha value is -3.73. The second-order valence-corrected chi connectivity index (χ2v) is 10.4. The van der Waals surface area contributed by atoms with E-state index in [0.29, 0.717) is 24.1 Å². The van der Waals surface area contributed by atoms with Gasteiger partial charge in [0.25, 0.3) is 0 Å². The van der Waals surface area contributed by atoms with Gasteiger partial charge >= 0.3 is 12.4 Å². The van der Waals surface area contributed by atoms with Crippen LogP contribution in [0.3, 0.4) is 0 Å². The lowest BCUT2D eigenvalue weighted by atomic mass is 9.83. The van der Waals surface area contributed by atoms with Crippen molar-refractivity contribution in [1.82, 2.24) is 9.88 Å². The Morgan fingerprint density at radius 3 is 2.17 bits per heavy atom. The molecule has 3 heterocycles. The third kappa shape index (κ3) is 6.00. The van der Waals surface area contributed by atoms with Crippen molar-refractivity contribution in [2.75, 3.05) is 6.54 Å². The van der Waals surface area contributed by atoms with Gasteiger partial charge in [0.2, 0.25) is 5.91 Å². The summed E-state index contributed by atoms with van der Waals surface area (Å²) in [4.78, 5) is 19.0. The minimum atomic E-state index is -5.00. The fourth-order valence-corrected chi connectivity index (χ4v) is 5.64. The zero-order chi connectivity index (χ0) is 29.7. The number of aromatic nitrogens is 1. The van der Waals surface area contributed by atoms with Crippen LogP contribution in [0.15, 0.2) is 66.9 Å². The van der Waals surface area contributed by atoms with E-state index in [1.807, 2.05) is 13.0 Å². The van der Waals surface area contributed by atoms with Crippen LogP contribution in [0, 0.1) is 12.7 Å². The van der Waals surface area contributed by atoms with Gasteiger partial charge in [0.05, 0.1) is 23.3 Å². The van der Waals surface area contributed by atoms with E-state index in [1.165, 1.54) is 25.1 Å². The highest BCUT2D eigenvalue weighted by molar-refractivity contribution is 5.98. The number of halogens is 7. The fourth-order valence-electron chi connectivity index (χ4n) is 5.64. The van der Waals surface area contributed by atoms with E-state index in [9.17, 15) is 35.5 Å². The third-order valence-corrected chi connectivity index (χ3v) is 7.58. The summed E-state index contributed by atoms with van der Waals surface area (Å²) in [5, 5.41) is 0. The highest BCUT2D eigenvalue weighted by atomic mass is 19.4. The van der Waals surface area contributed by atoms with Gasteiger partial charge in [-0.25, -0.2) is 4.39 Å². The van der Waals surface area contributed by atoms with Gasteiger partial charge in [0, 0.05) is 36.5 Å². The molecule has 1 aromatic heterocycles. The minimum absolute atomic E-state index is 0.0557. The Bertz CT molecular complexity index is 1450. The first-order chi connectivity index (χ1) is 19.2. The van der Waals surface area contributed by atoms with E-state index in [1.54, 1.807) is 29.3 Å². The molecule has 41 heavy (non-hydrogen) atoms. The monoisotopic (exact) mass is 578 g/mol. The fraction of sp³-hybridized carbons (Fsp3) is 0.333. The lowest BCUT2D eigenvalue weighted by Gasteiger charge is -2.33. The molecule has 4 nitrogen and oxygen atoms in total. The maximum atomic E-state index is 13.8. The Kier molecular flexibility index (Phi) is 7.44. The Balaban J connectivity index is 1.50. The van der Waals surface area contributed by atoms with Gasteiger partial charge < -0.3 is 9.64 Å². The van der Waals surface area contributed by atoms with Crippen molar-refractivity contribution < 1.29 is 40.3 Å². The smallest absolute Gasteiger partial charge is 0.368 e. The van der Waals surface area contributed by atoms with Crippen LogP contribution in [0.25, 0.3) is 5.57 Å². The SMILES string of the molecule is Cc1cc(C2=CC(=O)N3CC(O[C@H](C)c4cc(C(F)(F)F)cc(C(F)(F)F)c4)[C@@H](c4ccc(F)cc4)C3C2)ccn1. The number of amides is 1. The molecule has 0 bridgehead atoms. The van der Waals surface area contributed by atoms with Crippen molar-refractivity contribution >= 4 is 11.5 Å². The van der Waals surface area contributed by atoms with Crippen LogP contribution in [-0.2, 0) is 21.9 Å². The molecule has 2 aliphatic rings. The standard InChI is InChI=1S/C30H25F7N2O2/c1-16-9-19(7-8-38-16)21-12-25-28(18-3-5-24(31)6-4-18)26(15-39(25)27(40)13-21)41-17(2)20-10-22(29(32,33)34)14-23(11-20)30(35,36)37/h3-11,13-14,17,25-26,28H,12,15H2,1-2H3/t17-,25?,26?,28+/m1/s1. The number of hydrogen-bond donors (Lipinski definition) is 0. The topological polar surface area (TPSA) is 42.4 Å². The molecule has 0 radical (unpaired) electrons. The van der Waals surface area contributed by atoms with Crippen LogP contribution in [0.1, 0.15) is 58.9 Å². The zero-order valence-corrected chi connectivity index (χ0v) is 21.9. The van der Waals surface area contributed by atoms with Crippen LogP contribution in [-0.4, -0.2) is 34.5 Å². The maximum absolute atomic E-state index is 13.8. The molecule has 11 heteroatoms. The number of carbonyl (C=O) groups is 1. The lowest BCUT2D eigenvalue weighted by Crippen LogP contribution is -2.39. The van der Waals surface area contributed by atoms with E-state index >= 15 is 0 Å². The molecule has 1 fully saturated rings. The number of benzene rings is 2. The Morgan fingerprint density at radius 2 is 1.59 bits per heavy atom. The van der Waals surface area contributed by atoms with Crippen LogP contribution >= 0.6 is 0 Å². The van der Waals surface area contributed by atoms with Gasteiger partial charge in [-0.2, -0.15) is 26.3 Å². The van der Waals surface area contributed by atoms with Crippen molar-refractivity contribution in [2.45, 2.75) is 56.8 Å². The molecule has 0 aliphatic carbocycles. The molecule has 0 N–H and O–H groups in total. The van der Waals surface area contributed by atoms with Gasteiger partial charge in [0.1, 0.15) is 5.82 Å². The van der Waals surface area contributed by atoms with E-state index in [-0.39, 0.29) is 24.1 Å². The first-order valence-corrected chi connectivity index (χ1v) is 12.8. The molecule has 2 unspecified atom stereocenters. The van der Waals surface area contributed by atoms with Crippen molar-refractivity contribution in [1.29, 1.82) is 0 Å². The molecular formula is C30H25F7N2O2. The molecule has 2 aromatic carbocycles. The van der Waals surface area contributed by atoms with E-state index in [4.69, 9.17) is 4.74 Å². The Morgan fingerprint density at radius 1 is 0.951 bits per heavy atom. The summed E-state index contributed by atoms with van der Waals surface area (Å²) in [6, 6.07) is 10.2. The third-order valence-electron chi connectivity index (χ3n) is 7.58.